The lowest BCUT2D eigenvalue weighted by Crippen LogP contribution is -2.43. The summed E-state index contributed by atoms with van der Waals surface area (Å²) < 4.78 is 7.63. The Balaban J connectivity index is 1.93. The van der Waals surface area contributed by atoms with Crippen molar-refractivity contribution in [3.05, 3.63) is 78.2 Å². The monoisotopic (exact) mass is 628 g/mol. The predicted octanol–water partition coefficient (Wildman–Crippen LogP) is 6.30. The number of ether oxygens (including phenoxy) is 1. The smallest absolute Gasteiger partial charge is 0.262 e. The van der Waals surface area contributed by atoms with Gasteiger partial charge in [0.15, 0.2) is 0 Å². The molecule has 3 aromatic carbocycles. The van der Waals surface area contributed by atoms with E-state index in [1.165, 1.54) is 0 Å². The maximum absolute atomic E-state index is 13.6. The van der Waals surface area contributed by atoms with E-state index in [9.17, 15) is 9.90 Å². The lowest BCUT2D eigenvalue weighted by Gasteiger charge is -2.38. The summed E-state index contributed by atoms with van der Waals surface area (Å²) in [6.45, 7) is 0. The average molecular weight is 630 g/mol. The van der Waals surface area contributed by atoms with Crippen LogP contribution in [-0.4, -0.2) is 18.1 Å². The molecule has 1 atom stereocenters. The van der Waals surface area contributed by atoms with Crippen LogP contribution in [0.4, 0.5) is 11.4 Å². The fourth-order valence-corrected chi connectivity index (χ4v) is 5.07. The van der Waals surface area contributed by atoms with Crippen LogP contribution in [0.2, 0.25) is 0 Å². The zero-order valence-corrected chi connectivity index (χ0v) is 20.4. The molecule has 0 saturated heterocycles. The number of anilines is 2. The number of halogens is 3. The number of nitrogens with zero attached hydrogens (tertiary/aromatic N) is 1. The number of phenols is 1. The Bertz CT molecular complexity index is 1120. The van der Waals surface area contributed by atoms with Crippen molar-refractivity contribution in [2.24, 2.45) is 0 Å². The van der Waals surface area contributed by atoms with Crippen LogP contribution in [0.25, 0.3) is 0 Å². The molecule has 1 amide bonds. The van der Waals surface area contributed by atoms with E-state index in [0.717, 1.165) is 13.7 Å². The highest BCUT2D eigenvalue weighted by Crippen LogP contribution is 2.43. The van der Waals surface area contributed by atoms with Crippen LogP contribution in [0.15, 0.2) is 63.5 Å². The molecule has 0 aromatic heterocycles. The standard InChI is InChI=1S/C21H15Br2IN2O3/c1-29-14-4-2-3-13(10-14)26-20(16-7-11(22)8-17(23)19(16)27)25-18-6-5-12(24)9-15(18)21(26)28/h2-10,20,25,27H,1H3/t20-/m0/s1. The first-order chi connectivity index (χ1) is 13.9. The first-order valence-electron chi connectivity index (χ1n) is 8.60. The molecule has 4 rings (SSSR count). The number of hydrogen-bond donors (Lipinski definition) is 2. The van der Waals surface area contributed by atoms with Crippen molar-refractivity contribution in [3.8, 4) is 11.5 Å². The Kier molecular flexibility index (Phi) is 5.76. The van der Waals surface area contributed by atoms with Crippen LogP contribution < -0.4 is 15.0 Å². The van der Waals surface area contributed by atoms with E-state index >= 15 is 0 Å². The van der Waals surface area contributed by atoms with Gasteiger partial charge in [-0.1, -0.05) is 22.0 Å². The largest absolute Gasteiger partial charge is 0.506 e. The quantitative estimate of drug-likeness (QED) is 0.334. The van der Waals surface area contributed by atoms with E-state index in [2.05, 4.69) is 59.8 Å². The van der Waals surface area contributed by atoms with Gasteiger partial charge in [0, 0.05) is 25.4 Å². The first kappa shape index (κ1) is 20.5. The van der Waals surface area contributed by atoms with Gasteiger partial charge < -0.3 is 15.2 Å². The third-order valence-electron chi connectivity index (χ3n) is 4.66. The fraction of sp³-hybridized carbons (Fsp3) is 0.0952. The van der Waals surface area contributed by atoms with Crippen LogP contribution in [0.5, 0.6) is 11.5 Å². The summed E-state index contributed by atoms with van der Waals surface area (Å²) in [5.41, 5.74) is 2.51. The molecule has 0 saturated carbocycles. The van der Waals surface area contributed by atoms with Gasteiger partial charge in [0.05, 0.1) is 22.8 Å². The molecule has 5 nitrogen and oxygen atoms in total. The number of nitrogens with one attached hydrogen (secondary N) is 1. The molecule has 0 unspecified atom stereocenters. The van der Waals surface area contributed by atoms with Gasteiger partial charge in [-0.05, 0) is 81.0 Å². The minimum absolute atomic E-state index is 0.0698. The summed E-state index contributed by atoms with van der Waals surface area (Å²) in [6.07, 6.45) is -0.615. The van der Waals surface area contributed by atoms with Gasteiger partial charge in [0.25, 0.3) is 5.91 Å². The zero-order chi connectivity index (χ0) is 20.7. The molecule has 8 heteroatoms. The molecule has 0 aliphatic carbocycles. The van der Waals surface area contributed by atoms with Crippen molar-refractivity contribution in [1.29, 1.82) is 0 Å². The number of benzene rings is 3. The molecule has 0 fully saturated rings. The van der Waals surface area contributed by atoms with Crippen molar-refractivity contribution in [2.75, 3.05) is 17.3 Å². The number of carbonyl (C=O) groups excluding carboxylic acids is 1. The van der Waals surface area contributed by atoms with E-state index < -0.39 is 6.17 Å². The molecule has 2 N–H and O–H groups in total. The summed E-state index contributed by atoms with van der Waals surface area (Å²) in [6, 6.07) is 16.5. The van der Waals surface area contributed by atoms with Crippen LogP contribution >= 0.6 is 54.5 Å². The molecule has 0 radical (unpaired) electrons. The fourth-order valence-electron chi connectivity index (χ4n) is 3.32. The van der Waals surface area contributed by atoms with Gasteiger partial charge in [0.2, 0.25) is 0 Å². The van der Waals surface area contributed by atoms with Crippen molar-refractivity contribution in [2.45, 2.75) is 6.17 Å². The maximum Gasteiger partial charge on any atom is 0.262 e. The highest BCUT2D eigenvalue weighted by Gasteiger charge is 2.36. The number of fused-ring (bicyclic) bond motifs is 1. The maximum atomic E-state index is 13.6. The number of carbonyl (C=O) groups is 1. The molecule has 1 aliphatic heterocycles. The minimum Gasteiger partial charge on any atom is -0.506 e. The second-order valence-corrected chi connectivity index (χ2v) is 9.45. The Labute approximate surface area is 198 Å². The molecular formula is C21H15Br2IN2O3. The molecule has 3 aromatic rings. The molecule has 1 aliphatic rings. The third kappa shape index (κ3) is 3.85. The van der Waals surface area contributed by atoms with Gasteiger partial charge >= 0.3 is 0 Å². The normalized spacial score (nSPS) is 15.7. The van der Waals surface area contributed by atoms with Crippen LogP contribution in [-0.2, 0) is 0 Å². The van der Waals surface area contributed by atoms with E-state index in [0.29, 0.717) is 27.0 Å². The minimum atomic E-state index is -0.615. The Morgan fingerprint density at radius 2 is 1.93 bits per heavy atom. The summed E-state index contributed by atoms with van der Waals surface area (Å²) in [7, 11) is 1.59. The summed E-state index contributed by atoms with van der Waals surface area (Å²) in [5, 5.41) is 14.2. The zero-order valence-electron chi connectivity index (χ0n) is 15.1. The van der Waals surface area contributed by atoms with Gasteiger partial charge in [-0.3, -0.25) is 9.69 Å². The number of methoxy groups -OCH3 is 1. The summed E-state index contributed by atoms with van der Waals surface area (Å²) >= 11 is 9.05. The number of amides is 1. The highest BCUT2D eigenvalue weighted by molar-refractivity contribution is 14.1. The summed E-state index contributed by atoms with van der Waals surface area (Å²) in [5.74, 6) is 0.550. The van der Waals surface area contributed by atoms with E-state index in [-0.39, 0.29) is 11.7 Å². The topological polar surface area (TPSA) is 61.8 Å². The molecule has 0 spiro atoms. The molecule has 29 heavy (non-hydrogen) atoms. The first-order valence-corrected chi connectivity index (χ1v) is 11.3. The van der Waals surface area contributed by atoms with Crippen molar-refractivity contribution >= 4 is 71.7 Å². The number of aromatic hydroxyl groups is 1. The van der Waals surface area contributed by atoms with E-state index in [1.54, 1.807) is 30.2 Å². The third-order valence-corrected chi connectivity index (χ3v) is 6.40. The molecule has 148 valence electrons. The number of phenolic OH excluding ortho intramolecular Hbond substituents is 1. The summed E-state index contributed by atoms with van der Waals surface area (Å²) in [4.78, 5) is 15.2. The lowest BCUT2D eigenvalue weighted by atomic mass is 10.0. The van der Waals surface area contributed by atoms with Gasteiger partial charge in [-0.15, -0.1) is 0 Å². The second-order valence-electron chi connectivity index (χ2n) is 6.44. The molecule has 0 bridgehead atoms. The van der Waals surface area contributed by atoms with Crippen LogP contribution in [0.3, 0.4) is 0 Å². The Morgan fingerprint density at radius 3 is 2.69 bits per heavy atom. The highest BCUT2D eigenvalue weighted by atomic mass is 127. The van der Waals surface area contributed by atoms with Crippen LogP contribution in [0, 0.1) is 3.57 Å². The number of rotatable bonds is 3. The van der Waals surface area contributed by atoms with E-state index in [4.69, 9.17) is 4.74 Å². The number of hydrogen-bond acceptors (Lipinski definition) is 4. The molecular weight excluding hydrogens is 615 g/mol. The van der Waals surface area contributed by atoms with Gasteiger partial charge in [0.1, 0.15) is 17.7 Å². The predicted molar refractivity (Wildman–Crippen MR) is 129 cm³/mol. The van der Waals surface area contributed by atoms with Crippen molar-refractivity contribution < 1.29 is 14.6 Å². The Morgan fingerprint density at radius 1 is 1.14 bits per heavy atom. The van der Waals surface area contributed by atoms with E-state index in [1.807, 2.05) is 36.4 Å². The van der Waals surface area contributed by atoms with Gasteiger partial charge in [-0.25, -0.2) is 0 Å². The van der Waals surface area contributed by atoms with Crippen LogP contribution in [0.1, 0.15) is 22.1 Å². The SMILES string of the molecule is COc1cccc(N2C(=O)c3cc(I)ccc3N[C@@H]2c2cc(Br)cc(Br)c2O)c1. The second kappa shape index (κ2) is 8.16. The molecule has 1 heterocycles. The lowest BCUT2D eigenvalue weighted by molar-refractivity contribution is 0.0974. The Hall–Kier alpha value is -1.78. The average Bonchev–Trinajstić information content (AvgIpc) is 2.71. The van der Waals surface area contributed by atoms with Gasteiger partial charge in [-0.2, -0.15) is 0 Å². The van der Waals surface area contributed by atoms with Crippen molar-refractivity contribution in [1.82, 2.24) is 0 Å². The van der Waals surface area contributed by atoms with Crippen molar-refractivity contribution in [3.63, 3.8) is 0 Å².